The van der Waals surface area contributed by atoms with Crippen LogP contribution in [0.5, 0.6) is 0 Å². The lowest BCUT2D eigenvalue weighted by atomic mass is 9.92. The van der Waals surface area contributed by atoms with E-state index in [2.05, 4.69) is 0 Å². The van der Waals surface area contributed by atoms with Gasteiger partial charge in [-0.05, 0) is 24.8 Å². The van der Waals surface area contributed by atoms with Crippen molar-refractivity contribution in [2.45, 2.75) is 33.0 Å². The highest BCUT2D eigenvalue weighted by Crippen LogP contribution is 2.33. The Labute approximate surface area is 93.6 Å². The van der Waals surface area contributed by atoms with Crippen molar-refractivity contribution in [3.63, 3.8) is 0 Å². The monoisotopic (exact) mass is 196 g/mol. The van der Waals surface area contributed by atoms with E-state index in [0.717, 1.165) is 5.56 Å². The Bertz CT molecular complexity index is 514. The number of carbonyl (C=O) groups is 1. The van der Waals surface area contributed by atoms with E-state index in [1.54, 1.807) is 18.2 Å². The standard InChI is InChI=1S/C13H16O/c1-13(2)9-5-7-10-6-3-4-8-11(10)12(13)14/h3-4,6,8H,5,7,9H2,1-2H3/i1+1D3,2+1D3. The molecule has 0 N–H and O–H groups in total. The predicted molar refractivity (Wildman–Crippen MR) is 57.5 cm³/mol. The molecule has 0 saturated carbocycles. The van der Waals surface area contributed by atoms with Crippen LogP contribution in [0.1, 0.15) is 50.7 Å². The highest BCUT2D eigenvalue weighted by atomic mass is 16.1. The highest BCUT2D eigenvalue weighted by Gasteiger charge is 2.31. The summed E-state index contributed by atoms with van der Waals surface area (Å²) in [7, 11) is 0. The molecule has 0 heterocycles. The summed E-state index contributed by atoms with van der Waals surface area (Å²) in [5, 5.41) is 0. The zero-order chi connectivity index (χ0) is 15.2. The molecule has 0 amide bonds. The first-order valence-corrected chi connectivity index (χ1v) is 4.74. The Morgan fingerprint density at radius 3 is 2.93 bits per heavy atom. The van der Waals surface area contributed by atoms with Gasteiger partial charge in [0.15, 0.2) is 5.78 Å². The van der Waals surface area contributed by atoms with Crippen molar-refractivity contribution in [2.24, 2.45) is 5.41 Å². The topological polar surface area (TPSA) is 17.1 Å². The molecule has 0 spiro atoms. The molecule has 1 aromatic rings. The van der Waals surface area contributed by atoms with Gasteiger partial charge in [0.2, 0.25) is 0 Å². The van der Waals surface area contributed by atoms with Gasteiger partial charge in [-0.3, -0.25) is 4.79 Å². The summed E-state index contributed by atoms with van der Waals surface area (Å²) < 4.78 is 45.9. The van der Waals surface area contributed by atoms with Crippen LogP contribution in [0.15, 0.2) is 24.3 Å². The Kier molecular flexibility index (Phi) is 1.06. The molecule has 0 aromatic heterocycles. The van der Waals surface area contributed by atoms with Crippen molar-refractivity contribution in [3.8, 4) is 0 Å². The quantitative estimate of drug-likeness (QED) is 0.460. The van der Waals surface area contributed by atoms with Crippen molar-refractivity contribution >= 4 is 5.78 Å². The molecule has 0 saturated heterocycles. The minimum atomic E-state index is -2.85. The number of hydrogen-bond donors (Lipinski definition) is 0. The second-order valence-electron chi connectivity index (χ2n) is 3.75. The number of benzene rings is 1. The van der Waals surface area contributed by atoms with Gasteiger partial charge in [-0.25, -0.2) is 0 Å². The molecule has 0 bridgehead atoms. The van der Waals surface area contributed by atoms with Crippen LogP contribution < -0.4 is 0 Å². The van der Waals surface area contributed by atoms with Gasteiger partial charge >= 0.3 is 0 Å². The van der Waals surface area contributed by atoms with E-state index in [1.165, 1.54) is 6.07 Å². The van der Waals surface area contributed by atoms with Crippen molar-refractivity contribution < 1.29 is 13.0 Å². The first-order chi connectivity index (χ1) is 9.11. The molecule has 0 fully saturated rings. The molecule has 1 nitrogen and oxygen atoms in total. The SMILES string of the molecule is [2H][13C]([2H])([2H])C1([13C]([2H])([2H])[2H])CCCc2ccccc2C1=O. The molecule has 74 valence electrons. The number of Topliss-reactive ketones (excluding diaryl/α,β-unsaturated/α-hetero) is 1. The van der Waals surface area contributed by atoms with E-state index in [9.17, 15) is 4.79 Å². The van der Waals surface area contributed by atoms with E-state index in [1.807, 2.05) is 0 Å². The number of ketones is 1. The van der Waals surface area contributed by atoms with E-state index < -0.39 is 24.9 Å². The van der Waals surface area contributed by atoms with Crippen LogP contribution in [0, 0.1) is 5.41 Å². The molecule has 1 heteroatoms. The Morgan fingerprint density at radius 2 is 2.14 bits per heavy atom. The number of fused-ring (bicyclic) bond motifs is 1. The molecule has 1 aliphatic rings. The maximum atomic E-state index is 12.7. The summed E-state index contributed by atoms with van der Waals surface area (Å²) in [6, 6.07) is 6.67. The molecular formula is C13H16O. The van der Waals surface area contributed by atoms with Crippen LogP contribution >= 0.6 is 0 Å². The number of rotatable bonds is 0. The minimum absolute atomic E-state index is 0.145. The van der Waals surface area contributed by atoms with Gasteiger partial charge in [-0.15, -0.1) is 0 Å². The highest BCUT2D eigenvalue weighted by molar-refractivity contribution is 6.01. The van der Waals surface area contributed by atoms with E-state index >= 15 is 0 Å². The Morgan fingerprint density at radius 1 is 1.36 bits per heavy atom. The van der Waals surface area contributed by atoms with Crippen LogP contribution in [0.3, 0.4) is 0 Å². The second kappa shape index (κ2) is 3.23. The fraction of sp³-hybridized carbons (Fsp3) is 0.462. The maximum Gasteiger partial charge on any atom is 0.168 e. The van der Waals surface area contributed by atoms with Gasteiger partial charge in [0, 0.05) is 19.2 Å². The molecule has 0 atom stereocenters. The maximum absolute atomic E-state index is 12.7. The minimum Gasteiger partial charge on any atom is -0.294 e. The summed E-state index contributed by atoms with van der Waals surface area (Å²) in [5.74, 6) is -0.773. The van der Waals surface area contributed by atoms with Crippen molar-refractivity contribution in [3.05, 3.63) is 35.4 Å². The van der Waals surface area contributed by atoms with E-state index in [0.29, 0.717) is 12.8 Å². The lowest BCUT2D eigenvalue weighted by Gasteiger charge is -2.20. The molecule has 2 rings (SSSR count). The van der Waals surface area contributed by atoms with Gasteiger partial charge in [0.05, 0.1) is 0 Å². The molecule has 0 radical (unpaired) electrons. The molecule has 1 aromatic carbocycles. The van der Waals surface area contributed by atoms with Crippen molar-refractivity contribution in [1.29, 1.82) is 0 Å². The molecule has 14 heavy (non-hydrogen) atoms. The summed E-state index contributed by atoms with van der Waals surface area (Å²) >= 11 is 0. The average Bonchev–Trinajstić information content (AvgIpc) is 2.46. The molecule has 0 aliphatic heterocycles. The average molecular weight is 196 g/mol. The van der Waals surface area contributed by atoms with Crippen molar-refractivity contribution in [2.75, 3.05) is 0 Å². The molecule has 1 aliphatic carbocycles. The molecule has 0 unspecified atom stereocenters. The summed E-state index contributed by atoms with van der Waals surface area (Å²) in [6.45, 7) is -5.71. The third-order valence-corrected chi connectivity index (χ3v) is 2.65. The van der Waals surface area contributed by atoms with Gasteiger partial charge in [0.1, 0.15) is 0 Å². The first kappa shape index (κ1) is 4.61. The van der Waals surface area contributed by atoms with Gasteiger partial charge in [-0.1, -0.05) is 38.0 Å². The third kappa shape index (κ3) is 1.47. The largest absolute Gasteiger partial charge is 0.294 e. The van der Waals surface area contributed by atoms with Crippen LogP contribution in [0.2, 0.25) is 0 Å². The van der Waals surface area contributed by atoms with E-state index in [-0.39, 0.29) is 12.0 Å². The number of aryl methyl sites for hydroxylation is 1. The number of carbonyl (C=O) groups excluding carboxylic acids is 1. The summed E-state index contributed by atoms with van der Waals surface area (Å²) in [4.78, 5) is 12.7. The smallest absolute Gasteiger partial charge is 0.168 e. The Balaban J connectivity index is 2.69. The van der Waals surface area contributed by atoms with Gasteiger partial charge < -0.3 is 0 Å². The zero-order valence-corrected chi connectivity index (χ0v) is 7.84. The predicted octanol–water partition coefficient (Wildman–Crippen LogP) is 3.23. The van der Waals surface area contributed by atoms with Gasteiger partial charge in [0.25, 0.3) is 0 Å². The summed E-state index contributed by atoms with van der Waals surface area (Å²) in [5.41, 5.74) is -1.34. The number of hydrogen-bond acceptors (Lipinski definition) is 1. The summed E-state index contributed by atoms with van der Waals surface area (Å²) in [6.07, 6.45) is 0.753. The van der Waals surface area contributed by atoms with Crippen molar-refractivity contribution in [1.82, 2.24) is 0 Å². The third-order valence-electron chi connectivity index (χ3n) is 2.65. The fourth-order valence-electron chi connectivity index (χ4n) is 1.85. The lowest BCUT2D eigenvalue weighted by molar-refractivity contribution is 0.0830. The second-order valence-corrected chi connectivity index (χ2v) is 3.75. The van der Waals surface area contributed by atoms with Crippen LogP contribution in [-0.4, -0.2) is 5.78 Å². The Hall–Kier alpha value is -1.11. The normalized spacial score (nSPS) is 28.1. The van der Waals surface area contributed by atoms with Crippen LogP contribution in [0.4, 0.5) is 0 Å². The molecular weight excluding hydrogens is 174 g/mol. The van der Waals surface area contributed by atoms with E-state index in [4.69, 9.17) is 8.22 Å². The zero-order valence-electron chi connectivity index (χ0n) is 13.8. The fourth-order valence-corrected chi connectivity index (χ4v) is 1.85. The first-order valence-electron chi connectivity index (χ1n) is 7.74. The van der Waals surface area contributed by atoms with Crippen LogP contribution in [-0.2, 0) is 6.42 Å². The van der Waals surface area contributed by atoms with Crippen LogP contribution in [0.25, 0.3) is 0 Å². The lowest BCUT2D eigenvalue weighted by Crippen LogP contribution is -2.23. The van der Waals surface area contributed by atoms with Gasteiger partial charge in [-0.2, -0.15) is 0 Å².